The summed E-state index contributed by atoms with van der Waals surface area (Å²) in [7, 11) is 0. The van der Waals surface area contributed by atoms with Gasteiger partial charge >= 0.3 is 0 Å². The van der Waals surface area contributed by atoms with E-state index in [0.717, 1.165) is 29.7 Å². The summed E-state index contributed by atoms with van der Waals surface area (Å²) < 4.78 is 13.2. The Kier molecular flexibility index (Phi) is 3.43. The molecular formula is C22H16N4O3. The van der Waals surface area contributed by atoms with Gasteiger partial charge in [-0.05, 0) is 24.1 Å². The molecule has 1 aliphatic heterocycles. The summed E-state index contributed by atoms with van der Waals surface area (Å²) in [5.74, 6) is 2.09. The SMILES string of the molecule is O=C1CCCC2=C1C(c1ccccc1)c1c(ncn3nc(-c4ccco4)nc13)O2. The first-order valence-corrected chi connectivity index (χ1v) is 9.58. The number of aromatic nitrogens is 4. The van der Waals surface area contributed by atoms with Gasteiger partial charge in [0.25, 0.3) is 0 Å². The van der Waals surface area contributed by atoms with Crippen molar-refractivity contribution in [3.05, 3.63) is 77.5 Å². The molecule has 0 spiro atoms. The van der Waals surface area contributed by atoms with Crippen LogP contribution in [0, 0.1) is 0 Å². The Morgan fingerprint density at radius 1 is 1.07 bits per heavy atom. The number of hydrogen-bond acceptors (Lipinski definition) is 6. The van der Waals surface area contributed by atoms with E-state index in [1.54, 1.807) is 23.2 Å². The fourth-order valence-electron chi connectivity index (χ4n) is 4.21. The van der Waals surface area contributed by atoms with Gasteiger partial charge in [-0.25, -0.2) is 14.5 Å². The molecule has 0 saturated carbocycles. The maximum Gasteiger partial charge on any atom is 0.228 e. The highest BCUT2D eigenvalue weighted by Crippen LogP contribution is 2.47. The van der Waals surface area contributed by atoms with Gasteiger partial charge in [-0.15, -0.1) is 5.10 Å². The predicted octanol–water partition coefficient (Wildman–Crippen LogP) is 3.92. The highest BCUT2D eigenvalue weighted by molar-refractivity contribution is 6.00. The lowest BCUT2D eigenvalue weighted by Gasteiger charge is -2.31. The van der Waals surface area contributed by atoms with Crippen LogP contribution in [0.4, 0.5) is 0 Å². The highest BCUT2D eigenvalue weighted by Gasteiger charge is 2.39. The van der Waals surface area contributed by atoms with Gasteiger partial charge in [-0.2, -0.15) is 0 Å². The van der Waals surface area contributed by atoms with Crippen LogP contribution in [0.2, 0.25) is 0 Å². The van der Waals surface area contributed by atoms with E-state index in [1.165, 1.54) is 0 Å². The molecule has 0 amide bonds. The second-order valence-electron chi connectivity index (χ2n) is 7.20. The highest BCUT2D eigenvalue weighted by atomic mass is 16.5. The number of fused-ring (bicyclic) bond motifs is 3. The zero-order valence-electron chi connectivity index (χ0n) is 15.4. The van der Waals surface area contributed by atoms with Crippen molar-refractivity contribution >= 4 is 11.4 Å². The zero-order chi connectivity index (χ0) is 19.4. The molecular weight excluding hydrogens is 368 g/mol. The van der Waals surface area contributed by atoms with Crippen LogP contribution >= 0.6 is 0 Å². The van der Waals surface area contributed by atoms with E-state index in [9.17, 15) is 4.79 Å². The van der Waals surface area contributed by atoms with E-state index in [2.05, 4.69) is 10.1 Å². The fraction of sp³-hybridized carbons (Fsp3) is 0.182. The first-order valence-electron chi connectivity index (χ1n) is 9.58. The Bertz CT molecular complexity index is 1270. The number of hydrogen-bond donors (Lipinski definition) is 0. The summed E-state index contributed by atoms with van der Waals surface area (Å²) in [6, 6.07) is 13.6. The van der Waals surface area contributed by atoms with E-state index in [1.807, 2.05) is 36.4 Å². The van der Waals surface area contributed by atoms with E-state index >= 15 is 0 Å². The van der Waals surface area contributed by atoms with Gasteiger partial charge in [-0.3, -0.25) is 4.79 Å². The maximum absolute atomic E-state index is 12.9. The Morgan fingerprint density at radius 2 is 1.97 bits per heavy atom. The number of ether oxygens (including phenoxy) is 1. The summed E-state index contributed by atoms with van der Waals surface area (Å²) in [6.07, 6.45) is 5.24. The average Bonchev–Trinajstić information content (AvgIpc) is 3.42. The van der Waals surface area contributed by atoms with Crippen molar-refractivity contribution in [3.63, 3.8) is 0 Å². The first-order chi connectivity index (χ1) is 14.3. The van der Waals surface area contributed by atoms with E-state index in [-0.39, 0.29) is 11.7 Å². The Hall–Kier alpha value is -3.74. The number of benzene rings is 1. The van der Waals surface area contributed by atoms with Crippen molar-refractivity contribution in [2.75, 3.05) is 0 Å². The molecule has 0 N–H and O–H groups in total. The molecule has 142 valence electrons. The van der Waals surface area contributed by atoms with Crippen LogP contribution in [0.3, 0.4) is 0 Å². The second-order valence-corrected chi connectivity index (χ2v) is 7.20. The van der Waals surface area contributed by atoms with Crippen molar-refractivity contribution in [3.8, 4) is 17.5 Å². The Balaban J connectivity index is 1.63. The maximum atomic E-state index is 12.9. The molecule has 1 unspecified atom stereocenters. The number of carbonyl (C=O) groups excluding carboxylic acids is 1. The molecule has 4 aromatic rings. The van der Waals surface area contributed by atoms with Crippen LogP contribution in [0.15, 0.2) is 70.8 Å². The standard InChI is InChI=1S/C22H16N4O3/c27-14-8-4-9-15-18(14)17(13-6-2-1-3-7-13)19-21-24-20(16-10-5-11-28-16)25-26(21)12-23-22(19)29-15/h1-3,5-7,10-12,17H,4,8-9H2. The minimum absolute atomic E-state index is 0.124. The number of Topliss-reactive ketones (excluding diaryl/α,β-unsaturated/α-hetero) is 1. The van der Waals surface area contributed by atoms with Crippen LogP contribution < -0.4 is 4.74 Å². The minimum atomic E-state index is -0.285. The Morgan fingerprint density at radius 3 is 2.79 bits per heavy atom. The minimum Gasteiger partial charge on any atom is -0.461 e. The average molecular weight is 384 g/mol. The van der Waals surface area contributed by atoms with Gasteiger partial charge < -0.3 is 9.15 Å². The molecule has 2 aliphatic rings. The van der Waals surface area contributed by atoms with E-state index in [4.69, 9.17) is 14.1 Å². The first kappa shape index (κ1) is 16.2. The molecule has 0 saturated heterocycles. The van der Waals surface area contributed by atoms with Crippen molar-refractivity contribution in [2.45, 2.75) is 25.2 Å². The van der Waals surface area contributed by atoms with Crippen molar-refractivity contribution in [1.82, 2.24) is 19.6 Å². The van der Waals surface area contributed by atoms with Crippen molar-refractivity contribution in [2.24, 2.45) is 0 Å². The lowest BCUT2D eigenvalue weighted by molar-refractivity contribution is -0.116. The summed E-state index contributed by atoms with van der Waals surface area (Å²) >= 11 is 0. The van der Waals surface area contributed by atoms with E-state index < -0.39 is 0 Å². The van der Waals surface area contributed by atoms with Gasteiger partial charge in [0.2, 0.25) is 11.7 Å². The molecule has 0 bridgehead atoms. The third-order valence-corrected chi connectivity index (χ3v) is 5.47. The van der Waals surface area contributed by atoms with Crippen LogP contribution in [0.1, 0.15) is 36.3 Å². The number of furan rings is 1. The molecule has 7 nitrogen and oxygen atoms in total. The van der Waals surface area contributed by atoms with Gasteiger partial charge in [0.05, 0.1) is 11.8 Å². The van der Waals surface area contributed by atoms with Crippen LogP contribution in [-0.2, 0) is 4.79 Å². The Labute approximate surface area is 165 Å². The lowest BCUT2D eigenvalue weighted by atomic mass is 9.78. The normalized spacial score (nSPS) is 18.5. The van der Waals surface area contributed by atoms with E-state index in [0.29, 0.717) is 35.1 Å². The number of carbonyl (C=O) groups is 1. The zero-order valence-corrected chi connectivity index (χ0v) is 15.4. The second kappa shape index (κ2) is 6.13. The topological polar surface area (TPSA) is 82.5 Å². The van der Waals surface area contributed by atoms with Crippen molar-refractivity contribution < 1.29 is 13.9 Å². The third-order valence-electron chi connectivity index (χ3n) is 5.47. The molecule has 3 aromatic heterocycles. The third kappa shape index (κ3) is 2.44. The summed E-state index contributed by atoms with van der Waals surface area (Å²) in [6.45, 7) is 0. The number of allylic oxidation sites excluding steroid dienone is 2. The summed E-state index contributed by atoms with van der Waals surface area (Å²) in [5.41, 5.74) is 3.10. The van der Waals surface area contributed by atoms with Gasteiger partial charge in [-0.1, -0.05) is 30.3 Å². The molecule has 0 fully saturated rings. The molecule has 1 aromatic carbocycles. The molecule has 4 heterocycles. The molecule has 6 rings (SSSR count). The van der Waals surface area contributed by atoms with Crippen molar-refractivity contribution in [1.29, 1.82) is 0 Å². The molecule has 7 heteroatoms. The smallest absolute Gasteiger partial charge is 0.228 e. The largest absolute Gasteiger partial charge is 0.461 e. The summed E-state index contributed by atoms with van der Waals surface area (Å²) in [5, 5.41) is 4.51. The van der Waals surface area contributed by atoms with Gasteiger partial charge in [0, 0.05) is 24.3 Å². The number of ketones is 1. The van der Waals surface area contributed by atoms with Crippen LogP contribution in [0.25, 0.3) is 17.2 Å². The monoisotopic (exact) mass is 384 g/mol. The van der Waals surface area contributed by atoms with Crippen LogP contribution in [-0.4, -0.2) is 25.4 Å². The molecule has 1 atom stereocenters. The molecule has 29 heavy (non-hydrogen) atoms. The number of nitrogens with zero attached hydrogens (tertiary/aromatic N) is 4. The fourth-order valence-corrected chi connectivity index (χ4v) is 4.21. The van der Waals surface area contributed by atoms with Crippen LogP contribution in [0.5, 0.6) is 5.88 Å². The quantitative estimate of drug-likeness (QED) is 0.521. The van der Waals surface area contributed by atoms with Gasteiger partial charge in [0.15, 0.2) is 17.2 Å². The number of rotatable bonds is 2. The molecule has 0 radical (unpaired) electrons. The summed E-state index contributed by atoms with van der Waals surface area (Å²) in [4.78, 5) is 22.1. The van der Waals surface area contributed by atoms with Gasteiger partial charge in [0.1, 0.15) is 12.1 Å². The predicted molar refractivity (Wildman–Crippen MR) is 103 cm³/mol. The lowest BCUT2D eigenvalue weighted by Crippen LogP contribution is -2.26. The molecule has 1 aliphatic carbocycles.